The molecule has 0 radical (unpaired) electrons. The second kappa shape index (κ2) is 5.01. The first-order valence-corrected chi connectivity index (χ1v) is 6.92. The first kappa shape index (κ1) is 16.9. The Bertz CT molecular complexity index is 377. The minimum Gasteiger partial charge on any atom is -0.377 e. The number of piperidine rings is 1. The van der Waals surface area contributed by atoms with E-state index in [0.717, 1.165) is 4.90 Å². The van der Waals surface area contributed by atoms with Gasteiger partial charge in [-0.2, -0.15) is 26.3 Å². The normalized spacial score (nSPS) is 26.7. The maximum absolute atomic E-state index is 13.3. The molecule has 124 valence electrons. The van der Waals surface area contributed by atoms with Gasteiger partial charge in [0.05, 0.1) is 18.6 Å². The Morgan fingerprint density at radius 1 is 0.905 bits per heavy atom. The van der Waals surface area contributed by atoms with Crippen LogP contribution in [0.15, 0.2) is 0 Å². The summed E-state index contributed by atoms with van der Waals surface area (Å²) in [6, 6.07) is 0. The first-order valence-electron chi connectivity index (χ1n) is 6.92. The van der Waals surface area contributed by atoms with E-state index in [2.05, 4.69) is 0 Å². The van der Waals surface area contributed by atoms with Gasteiger partial charge >= 0.3 is 12.4 Å². The first-order chi connectivity index (χ1) is 9.46. The van der Waals surface area contributed by atoms with Gasteiger partial charge in [-0.25, -0.2) is 0 Å². The number of ether oxygens (including phenoxy) is 1. The number of likely N-dealkylation sites (tertiary alicyclic amines) is 1. The molecule has 8 heteroatoms. The monoisotopic (exact) mass is 319 g/mol. The maximum atomic E-state index is 13.3. The van der Waals surface area contributed by atoms with Crippen LogP contribution in [0.1, 0.15) is 26.7 Å². The highest BCUT2D eigenvalue weighted by molar-refractivity contribution is 5.06. The summed E-state index contributed by atoms with van der Waals surface area (Å²) in [5, 5.41) is 0. The zero-order chi connectivity index (χ0) is 16.1. The lowest BCUT2D eigenvalue weighted by Crippen LogP contribution is -2.72. The van der Waals surface area contributed by atoms with Crippen LogP contribution in [0.3, 0.4) is 0 Å². The van der Waals surface area contributed by atoms with Crippen molar-refractivity contribution in [3.05, 3.63) is 0 Å². The van der Waals surface area contributed by atoms with Crippen molar-refractivity contribution in [2.45, 2.75) is 44.6 Å². The number of halogens is 6. The quantitative estimate of drug-likeness (QED) is 0.721. The van der Waals surface area contributed by atoms with Crippen molar-refractivity contribution < 1.29 is 31.1 Å². The standard InChI is InChI=1S/C13H19F6NO/c1-9(2)10(12(14,15)16)3-5-20(6-4-10)11(7-21-8-11)13(17,18)19/h9H,3-8H2,1-2H3. The molecule has 2 rings (SSSR count). The van der Waals surface area contributed by atoms with Gasteiger partial charge in [0.2, 0.25) is 0 Å². The van der Waals surface area contributed by atoms with Crippen molar-refractivity contribution in [3.8, 4) is 0 Å². The van der Waals surface area contributed by atoms with Gasteiger partial charge in [0.15, 0.2) is 5.54 Å². The van der Waals surface area contributed by atoms with E-state index >= 15 is 0 Å². The van der Waals surface area contributed by atoms with Gasteiger partial charge in [0.1, 0.15) is 0 Å². The minimum atomic E-state index is -4.48. The fourth-order valence-electron chi connectivity index (χ4n) is 3.34. The third-order valence-electron chi connectivity index (χ3n) is 5.14. The second-order valence-electron chi connectivity index (χ2n) is 6.32. The molecule has 2 saturated heterocycles. The summed E-state index contributed by atoms with van der Waals surface area (Å²) in [7, 11) is 0. The molecule has 0 aliphatic carbocycles. The van der Waals surface area contributed by atoms with Crippen LogP contribution in [-0.2, 0) is 4.74 Å². The van der Waals surface area contributed by atoms with Gasteiger partial charge in [0, 0.05) is 13.1 Å². The van der Waals surface area contributed by atoms with E-state index in [1.807, 2.05) is 0 Å². The van der Waals surface area contributed by atoms with E-state index in [1.54, 1.807) is 0 Å². The molecule has 0 atom stereocenters. The van der Waals surface area contributed by atoms with Crippen LogP contribution < -0.4 is 0 Å². The molecule has 2 fully saturated rings. The van der Waals surface area contributed by atoms with Gasteiger partial charge in [-0.15, -0.1) is 0 Å². The lowest BCUT2D eigenvalue weighted by Gasteiger charge is -2.55. The highest BCUT2D eigenvalue weighted by Crippen LogP contribution is 2.53. The van der Waals surface area contributed by atoms with E-state index < -0.39 is 42.4 Å². The molecule has 0 amide bonds. The Hall–Kier alpha value is -0.500. The average Bonchev–Trinajstić information content (AvgIpc) is 2.24. The van der Waals surface area contributed by atoms with Crippen LogP contribution in [0.5, 0.6) is 0 Å². The van der Waals surface area contributed by atoms with E-state index in [0.29, 0.717) is 0 Å². The molecule has 21 heavy (non-hydrogen) atoms. The van der Waals surface area contributed by atoms with Gasteiger partial charge in [-0.1, -0.05) is 13.8 Å². The minimum absolute atomic E-state index is 0.208. The molecule has 2 aliphatic heterocycles. The van der Waals surface area contributed by atoms with E-state index in [-0.39, 0.29) is 25.9 Å². The molecule has 0 aromatic rings. The topological polar surface area (TPSA) is 12.5 Å². The molecule has 0 aromatic carbocycles. The van der Waals surface area contributed by atoms with Crippen LogP contribution in [0.4, 0.5) is 26.3 Å². The van der Waals surface area contributed by atoms with Crippen molar-refractivity contribution >= 4 is 0 Å². The van der Waals surface area contributed by atoms with Crippen molar-refractivity contribution in [2.24, 2.45) is 11.3 Å². The van der Waals surface area contributed by atoms with Crippen molar-refractivity contribution in [1.82, 2.24) is 4.90 Å². The Kier molecular flexibility index (Phi) is 4.02. The molecule has 0 bridgehead atoms. The summed E-state index contributed by atoms with van der Waals surface area (Å²) in [6.07, 6.45) is -9.48. The number of nitrogens with zero attached hydrogens (tertiary/aromatic N) is 1. The SMILES string of the molecule is CC(C)C1(C(F)(F)F)CCN(C2(C(F)(F)F)COC2)CC1. The second-order valence-corrected chi connectivity index (χ2v) is 6.32. The fourth-order valence-corrected chi connectivity index (χ4v) is 3.34. The Morgan fingerprint density at radius 3 is 1.62 bits per heavy atom. The van der Waals surface area contributed by atoms with Gasteiger partial charge in [0.25, 0.3) is 0 Å². The van der Waals surface area contributed by atoms with E-state index in [4.69, 9.17) is 4.74 Å². The molecule has 0 spiro atoms. The third-order valence-corrected chi connectivity index (χ3v) is 5.14. The van der Waals surface area contributed by atoms with Crippen molar-refractivity contribution in [1.29, 1.82) is 0 Å². The molecule has 2 nitrogen and oxygen atoms in total. The van der Waals surface area contributed by atoms with Crippen molar-refractivity contribution in [3.63, 3.8) is 0 Å². The van der Waals surface area contributed by atoms with Gasteiger partial charge in [-0.05, 0) is 18.8 Å². The largest absolute Gasteiger partial charge is 0.411 e. The lowest BCUT2D eigenvalue weighted by molar-refractivity contribution is -0.319. The van der Waals surface area contributed by atoms with Gasteiger partial charge in [-0.3, -0.25) is 4.90 Å². The van der Waals surface area contributed by atoms with Crippen LogP contribution in [0, 0.1) is 11.3 Å². The molecular formula is C13H19F6NO. The molecule has 2 heterocycles. The number of rotatable bonds is 2. The third kappa shape index (κ3) is 2.44. The molecule has 0 aromatic heterocycles. The Balaban J connectivity index is 2.16. The smallest absolute Gasteiger partial charge is 0.377 e. The van der Waals surface area contributed by atoms with Gasteiger partial charge < -0.3 is 4.74 Å². The summed E-state index contributed by atoms with van der Waals surface area (Å²) in [6.45, 7) is 1.57. The lowest BCUT2D eigenvalue weighted by atomic mass is 9.68. The Morgan fingerprint density at radius 2 is 1.38 bits per heavy atom. The number of hydrogen-bond acceptors (Lipinski definition) is 2. The van der Waals surface area contributed by atoms with E-state index in [9.17, 15) is 26.3 Å². The number of alkyl halides is 6. The van der Waals surface area contributed by atoms with Crippen molar-refractivity contribution in [2.75, 3.05) is 26.3 Å². The Labute approximate surface area is 119 Å². The molecule has 0 saturated carbocycles. The fraction of sp³-hybridized carbons (Fsp3) is 1.00. The highest BCUT2D eigenvalue weighted by atomic mass is 19.4. The van der Waals surface area contributed by atoms with E-state index in [1.165, 1.54) is 13.8 Å². The molecule has 0 N–H and O–H groups in total. The predicted molar refractivity (Wildman–Crippen MR) is 63.7 cm³/mol. The summed E-state index contributed by atoms with van der Waals surface area (Å²) in [5.41, 5.74) is -3.98. The van der Waals surface area contributed by atoms with Crippen LogP contribution in [-0.4, -0.2) is 49.1 Å². The highest BCUT2D eigenvalue weighted by Gasteiger charge is 2.66. The van der Waals surface area contributed by atoms with Crippen LogP contribution in [0.25, 0.3) is 0 Å². The predicted octanol–water partition coefficient (Wildman–Crippen LogP) is 3.62. The summed E-state index contributed by atoms with van der Waals surface area (Å²) >= 11 is 0. The maximum Gasteiger partial charge on any atom is 0.411 e. The average molecular weight is 319 g/mol. The summed E-state index contributed by atoms with van der Waals surface area (Å²) < 4.78 is 84.3. The molecule has 2 aliphatic rings. The number of hydrogen-bond donors (Lipinski definition) is 0. The van der Waals surface area contributed by atoms with Crippen LogP contribution >= 0.6 is 0 Å². The zero-order valence-electron chi connectivity index (χ0n) is 11.9. The molecular weight excluding hydrogens is 300 g/mol. The zero-order valence-corrected chi connectivity index (χ0v) is 11.9. The summed E-state index contributed by atoms with van der Waals surface area (Å²) in [4.78, 5) is 1.13. The molecule has 0 unspecified atom stereocenters. The summed E-state index contributed by atoms with van der Waals surface area (Å²) in [5.74, 6) is -0.654. The van der Waals surface area contributed by atoms with Crippen LogP contribution in [0.2, 0.25) is 0 Å².